The van der Waals surface area contributed by atoms with E-state index in [0.29, 0.717) is 5.76 Å². The Morgan fingerprint density at radius 2 is 2.18 bits per heavy atom. The van der Waals surface area contributed by atoms with Crippen LogP contribution in [0.25, 0.3) is 16.2 Å². The van der Waals surface area contributed by atoms with Crippen molar-refractivity contribution in [2.75, 3.05) is 0 Å². The van der Waals surface area contributed by atoms with Gasteiger partial charge < -0.3 is 9.73 Å². The van der Waals surface area contributed by atoms with Gasteiger partial charge in [-0.1, -0.05) is 18.2 Å². The van der Waals surface area contributed by atoms with E-state index in [0.717, 1.165) is 6.42 Å². The molecule has 0 aliphatic rings. The summed E-state index contributed by atoms with van der Waals surface area (Å²) in [5, 5.41) is 6.43. The zero-order valence-electron chi connectivity index (χ0n) is 12.3. The van der Waals surface area contributed by atoms with E-state index in [-0.39, 0.29) is 11.9 Å². The first-order valence-corrected chi connectivity index (χ1v) is 8.07. The predicted molar refractivity (Wildman–Crippen MR) is 90.9 cm³/mol. The Labute approximate surface area is 133 Å². The average molecular weight is 311 g/mol. The lowest BCUT2D eigenvalue weighted by Crippen LogP contribution is -2.32. The number of carbonyl (C=O) groups is 1. The Morgan fingerprint density at radius 1 is 1.32 bits per heavy atom. The van der Waals surface area contributed by atoms with Crippen LogP contribution < -0.4 is 5.32 Å². The molecule has 1 aromatic carbocycles. The average Bonchev–Trinajstić information content (AvgIpc) is 3.15. The minimum Gasteiger partial charge on any atom is -0.465 e. The molecule has 1 amide bonds. The van der Waals surface area contributed by atoms with Gasteiger partial charge in [-0.15, -0.1) is 11.3 Å². The van der Waals surface area contributed by atoms with Gasteiger partial charge in [-0.25, -0.2) is 0 Å². The molecule has 3 rings (SSSR count). The lowest BCUT2D eigenvalue weighted by atomic mass is 10.1. The van der Waals surface area contributed by atoms with E-state index in [9.17, 15) is 4.79 Å². The number of furan rings is 1. The molecular formula is C18H17NO2S. The monoisotopic (exact) mass is 311 g/mol. The van der Waals surface area contributed by atoms with Crippen LogP contribution in [0.5, 0.6) is 0 Å². The molecule has 3 nitrogen and oxygen atoms in total. The van der Waals surface area contributed by atoms with Crippen LogP contribution in [-0.4, -0.2) is 11.9 Å². The second kappa shape index (κ2) is 6.62. The van der Waals surface area contributed by atoms with E-state index >= 15 is 0 Å². The van der Waals surface area contributed by atoms with E-state index in [4.69, 9.17) is 4.42 Å². The number of carbonyl (C=O) groups excluding carboxylic acids is 1. The normalized spacial score (nSPS) is 12.8. The van der Waals surface area contributed by atoms with Gasteiger partial charge in [0.25, 0.3) is 0 Å². The quantitative estimate of drug-likeness (QED) is 0.716. The van der Waals surface area contributed by atoms with Crippen molar-refractivity contribution in [1.82, 2.24) is 5.32 Å². The molecule has 2 heterocycles. The third kappa shape index (κ3) is 3.46. The number of hydrogen-bond donors (Lipinski definition) is 1. The fourth-order valence-corrected chi connectivity index (χ4v) is 3.38. The summed E-state index contributed by atoms with van der Waals surface area (Å²) < 4.78 is 6.44. The van der Waals surface area contributed by atoms with Crippen molar-refractivity contribution < 1.29 is 9.21 Å². The Balaban J connectivity index is 1.60. The number of fused-ring (bicyclic) bond motifs is 1. The summed E-state index contributed by atoms with van der Waals surface area (Å²) in [5.41, 5.74) is 1.28. The van der Waals surface area contributed by atoms with Crippen LogP contribution in [0.1, 0.15) is 18.2 Å². The summed E-state index contributed by atoms with van der Waals surface area (Å²) >= 11 is 1.74. The van der Waals surface area contributed by atoms with Gasteiger partial charge in [0.15, 0.2) is 0 Å². The third-order valence-corrected chi connectivity index (χ3v) is 4.43. The van der Waals surface area contributed by atoms with Crippen LogP contribution >= 0.6 is 11.3 Å². The third-order valence-electron chi connectivity index (χ3n) is 3.42. The molecule has 22 heavy (non-hydrogen) atoms. The number of nitrogens with one attached hydrogen (secondary N) is 1. The molecule has 4 heteroatoms. The highest BCUT2D eigenvalue weighted by atomic mass is 32.1. The van der Waals surface area contributed by atoms with Crippen LogP contribution in [0.2, 0.25) is 0 Å². The number of amides is 1. The molecule has 0 fully saturated rings. The zero-order chi connectivity index (χ0) is 15.4. The first-order valence-electron chi connectivity index (χ1n) is 7.19. The SMILES string of the molecule is CC(Cc1csc2ccccc12)NC(=O)C=Cc1ccco1. The molecule has 0 bridgehead atoms. The smallest absolute Gasteiger partial charge is 0.244 e. The van der Waals surface area contributed by atoms with E-state index < -0.39 is 0 Å². The highest BCUT2D eigenvalue weighted by molar-refractivity contribution is 7.17. The molecule has 0 radical (unpaired) electrons. The van der Waals surface area contributed by atoms with Crippen molar-refractivity contribution in [3.05, 3.63) is 65.4 Å². The predicted octanol–water partition coefficient (Wildman–Crippen LogP) is 4.25. The van der Waals surface area contributed by atoms with Gasteiger partial charge in [-0.3, -0.25) is 4.79 Å². The first kappa shape index (κ1) is 14.6. The highest BCUT2D eigenvalue weighted by Crippen LogP contribution is 2.26. The Hall–Kier alpha value is -2.33. The van der Waals surface area contributed by atoms with Gasteiger partial charge in [-0.05, 0) is 53.9 Å². The lowest BCUT2D eigenvalue weighted by molar-refractivity contribution is -0.117. The Kier molecular flexibility index (Phi) is 4.39. The maximum Gasteiger partial charge on any atom is 0.244 e. The van der Waals surface area contributed by atoms with Crippen LogP contribution in [0.3, 0.4) is 0 Å². The topological polar surface area (TPSA) is 42.2 Å². The van der Waals surface area contributed by atoms with E-state index in [1.165, 1.54) is 21.7 Å². The van der Waals surface area contributed by atoms with Crippen molar-refractivity contribution in [3.63, 3.8) is 0 Å². The lowest BCUT2D eigenvalue weighted by Gasteiger charge is -2.11. The van der Waals surface area contributed by atoms with Crippen LogP contribution in [-0.2, 0) is 11.2 Å². The maximum atomic E-state index is 11.9. The molecule has 0 aliphatic heterocycles. The van der Waals surface area contributed by atoms with Crippen molar-refractivity contribution in [1.29, 1.82) is 0 Å². The molecule has 2 aromatic heterocycles. The van der Waals surface area contributed by atoms with Gasteiger partial charge in [0.1, 0.15) is 5.76 Å². The van der Waals surface area contributed by atoms with Crippen molar-refractivity contribution in [2.24, 2.45) is 0 Å². The summed E-state index contributed by atoms with van der Waals surface area (Å²) in [6, 6.07) is 12.0. The largest absolute Gasteiger partial charge is 0.465 e. The van der Waals surface area contributed by atoms with Crippen LogP contribution in [0.4, 0.5) is 0 Å². The Bertz CT molecular complexity index is 786. The summed E-state index contributed by atoms with van der Waals surface area (Å²) in [4.78, 5) is 11.9. The molecule has 1 atom stereocenters. The van der Waals surface area contributed by atoms with Crippen molar-refractivity contribution >= 4 is 33.4 Å². The molecule has 112 valence electrons. The zero-order valence-corrected chi connectivity index (χ0v) is 13.1. The second-order valence-corrected chi connectivity index (χ2v) is 6.13. The van der Waals surface area contributed by atoms with E-state index in [2.05, 4.69) is 22.8 Å². The number of hydrogen-bond acceptors (Lipinski definition) is 3. The maximum absolute atomic E-state index is 11.9. The van der Waals surface area contributed by atoms with E-state index in [1.54, 1.807) is 29.7 Å². The van der Waals surface area contributed by atoms with Gasteiger partial charge in [0.05, 0.1) is 6.26 Å². The minimum atomic E-state index is -0.108. The molecule has 1 N–H and O–H groups in total. The molecule has 0 aliphatic carbocycles. The number of benzene rings is 1. The number of rotatable bonds is 5. The van der Waals surface area contributed by atoms with Gasteiger partial charge in [0, 0.05) is 16.8 Å². The molecular weight excluding hydrogens is 294 g/mol. The van der Waals surface area contributed by atoms with Gasteiger partial charge in [-0.2, -0.15) is 0 Å². The summed E-state index contributed by atoms with van der Waals surface area (Å²) in [6.45, 7) is 2.02. The summed E-state index contributed by atoms with van der Waals surface area (Å²) in [5.74, 6) is 0.565. The van der Waals surface area contributed by atoms with Crippen LogP contribution in [0.15, 0.2) is 58.5 Å². The molecule has 0 spiro atoms. The Morgan fingerprint density at radius 3 is 3.00 bits per heavy atom. The van der Waals surface area contributed by atoms with Crippen LogP contribution in [0, 0.1) is 0 Å². The fraction of sp³-hybridized carbons (Fsp3) is 0.167. The number of thiophene rings is 1. The van der Waals surface area contributed by atoms with Crippen molar-refractivity contribution in [3.8, 4) is 0 Å². The van der Waals surface area contributed by atoms with Gasteiger partial charge in [0.2, 0.25) is 5.91 Å². The molecule has 3 aromatic rings. The van der Waals surface area contributed by atoms with Gasteiger partial charge >= 0.3 is 0 Å². The highest BCUT2D eigenvalue weighted by Gasteiger charge is 2.09. The summed E-state index contributed by atoms with van der Waals surface area (Å²) in [7, 11) is 0. The molecule has 1 unspecified atom stereocenters. The minimum absolute atomic E-state index is 0.0757. The van der Waals surface area contributed by atoms with E-state index in [1.807, 2.05) is 25.1 Å². The molecule has 0 saturated carbocycles. The summed E-state index contributed by atoms with van der Waals surface area (Å²) in [6.07, 6.45) is 5.58. The molecule has 0 saturated heterocycles. The fourth-order valence-electron chi connectivity index (χ4n) is 2.41. The first-order chi connectivity index (χ1) is 10.7. The van der Waals surface area contributed by atoms with Crippen molar-refractivity contribution in [2.45, 2.75) is 19.4 Å². The second-order valence-electron chi connectivity index (χ2n) is 5.22. The standard InChI is InChI=1S/C18H17NO2S/c1-13(19-18(20)9-8-15-5-4-10-21-15)11-14-12-22-17-7-3-2-6-16(14)17/h2-10,12-13H,11H2,1H3,(H,19,20).